The van der Waals surface area contributed by atoms with Crippen LogP contribution >= 0.6 is 0 Å². The molecule has 3 aromatic rings. The molecule has 2 aromatic heterocycles. The SMILES string of the molecule is CNC(Cn1cnc2ccccc21)c1ccoc1. The van der Waals surface area contributed by atoms with Crippen LogP contribution in [0.15, 0.2) is 53.6 Å². The van der Waals surface area contributed by atoms with Crippen molar-refractivity contribution in [1.82, 2.24) is 14.9 Å². The summed E-state index contributed by atoms with van der Waals surface area (Å²) in [5, 5.41) is 3.30. The Morgan fingerprint density at radius 1 is 1.33 bits per heavy atom. The number of fused-ring (bicyclic) bond motifs is 1. The van der Waals surface area contributed by atoms with E-state index in [1.54, 1.807) is 12.5 Å². The molecule has 4 nitrogen and oxygen atoms in total. The molecule has 1 atom stereocenters. The van der Waals surface area contributed by atoms with Crippen molar-refractivity contribution < 1.29 is 4.42 Å². The molecule has 0 aliphatic heterocycles. The van der Waals surface area contributed by atoms with Gasteiger partial charge in [0.05, 0.1) is 35.9 Å². The van der Waals surface area contributed by atoms with Gasteiger partial charge in [0.15, 0.2) is 0 Å². The molecule has 1 aromatic carbocycles. The van der Waals surface area contributed by atoms with E-state index in [4.69, 9.17) is 4.42 Å². The molecule has 0 spiro atoms. The van der Waals surface area contributed by atoms with Crippen molar-refractivity contribution >= 4 is 11.0 Å². The molecule has 0 aliphatic carbocycles. The largest absolute Gasteiger partial charge is 0.472 e. The number of aromatic nitrogens is 2. The Labute approximate surface area is 105 Å². The summed E-state index contributed by atoms with van der Waals surface area (Å²) in [6.07, 6.45) is 5.36. The van der Waals surface area contributed by atoms with Crippen LogP contribution in [0.25, 0.3) is 11.0 Å². The van der Waals surface area contributed by atoms with Crippen LogP contribution < -0.4 is 5.32 Å². The molecular weight excluding hydrogens is 226 g/mol. The van der Waals surface area contributed by atoms with E-state index in [9.17, 15) is 0 Å². The maximum absolute atomic E-state index is 5.14. The fraction of sp³-hybridized carbons (Fsp3) is 0.214. The van der Waals surface area contributed by atoms with Gasteiger partial charge in [-0.3, -0.25) is 0 Å². The van der Waals surface area contributed by atoms with Crippen molar-refractivity contribution in [2.75, 3.05) is 7.05 Å². The quantitative estimate of drug-likeness (QED) is 0.763. The molecule has 1 N–H and O–H groups in total. The lowest BCUT2D eigenvalue weighted by molar-refractivity contribution is 0.495. The van der Waals surface area contributed by atoms with Crippen molar-refractivity contribution in [1.29, 1.82) is 0 Å². The third kappa shape index (κ3) is 1.91. The number of hydrogen-bond acceptors (Lipinski definition) is 3. The first-order valence-electron chi connectivity index (χ1n) is 5.97. The standard InChI is InChI=1S/C14H15N3O/c1-15-13(11-6-7-18-9-11)8-17-10-16-12-4-2-3-5-14(12)17/h2-7,9-10,13,15H,8H2,1H3. The predicted octanol–water partition coefficient (Wildman–Crippen LogP) is 2.59. The van der Waals surface area contributed by atoms with Gasteiger partial charge in [-0.15, -0.1) is 0 Å². The number of furan rings is 1. The minimum atomic E-state index is 0.223. The summed E-state index contributed by atoms with van der Waals surface area (Å²) in [6.45, 7) is 0.830. The van der Waals surface area contributed by atoms with E-state index in [2.05, 4.69) is 20.9 Å². The maximum Gasteiger partial charge on any atom is 0.0958 e. The highest BCUT2D eigenvalue weighted by Crippen LogP contribution is 2.19. The third-order valence-electron chi connectivity index (χ3n) is 3.20. The van der Waals surface area contributed by atoms with E-state index in [1.807, 2.05) is 37.6 Å². The van der Waals surface area contributed by atoms with Gasteiger partial charge in [0.1, 0.15) is 0 Å². The predicted molar refractivity (Wildman–Crippen MR) is 70.2 cm³/mol. The molecule has 4 heteroatoms. The van der Waals surface area contributed by atoms with E-state index in [1.165, 1.54) is 0 Å². The van der Waals surface area contributed by atoms with Crippen LogP contribution in [0.5, 0.6) is 0 Å². The Hall–Kier alpha value is -2.07. The summed E-state index contributed by atoms with van der Waals surface area (Å²) in [4.78, 5) is 4.40. The van der Waals surface area contributed by atoms with Gasteiger partial charge in [-0.2, -0.15) is 0 Å². The smallest absolute Gasteiger partial charge is 0.0958 e. The summed E-state index contributed by atoms with van der Waals surface area (Å²) >= 11 is 0. The van der Waals surface area contributed by atoms with Gasteiger partial charge < -0.3 is 14.3 Å². The Bertz CT molecular complexity index is 627. The average molecular weight is 241 g/mol. The summed E-state index contributed by atoms with van der Waals surface area (Å²) in [7, 11) is 1.96. The number of nitrogens with zero attached hydrogens (tertiary/aromatic N) is 2. The van der Waals surface area contributed by atoms with Gasteiger partial charge in [0.2, 0.25) is 0 Å². The van der Waals surface area contributed by atoms with Crippen molar-refractivity contribution in [2.24, 2.45) is 0 Å². The normalized spacial score (nSPS) is 12.9. The van der Waals surface area contributed by atoms with Gasteiger partial charge in [-0.25, -0.2) is 4.98 Å². The van der Waals surface area contributed by atoms with Gasteiger partial charge >= 0.3 is 0 Å². The fourth-order valence-electron chi connectivity index (χ4n) is 2.19. The molecule has 0 saturated heterocycles. The van der Waals surface area contributed by atoms with Crippen LogP contribution in [-0.2, 0) is 6.54 Å². The van der Waals surface area contributed by atoms with Gasteiger partial charge in [0.25, 0.3) is 0 Å². The summed E-state index contributed by atoms with van der Waals surface area (Å²) in [6, 6.07) is 10.4. The Morgan fingerprint density at radius 2 is 2.22 bits per heavy atom. The minimum absolute atomic E-state index is 0.223. The highest BCUT2D eigenvalue weighted by Gasteiger charge is 2.12. The first kappa shape index (κ1) is 11.0. The van der Waals surface area contributed by atoms with Crippen LogP contribution in [0.3, 0.4) is 0 Å². The fourth-order valence-corrected chi connectivity index (χ4v) is 2.19. The molecule has 2 heterocycles. The van der Waals surface area contributed by atoms with Crippen LogP contribution in [0, 0.1) is 0 Å². The number of imidazole rings is 1. The Balaban J connectivity index is 1.91. The molecule has 0 bridgehead atoms. The molecule has 92 valence electrons. The summed E-state index contributed by atoms with van der Waals surface area (Å²) < 4.78 is 7.30. The molecule has 0 saturated carbocycles. The highest BCUT2D eigenvalue weighted by molar-refractivity contribution is 5.74. The number of hydrogen-bond donors (Lipinski definition) is 1. The van der Waals surface area contributed by atoms with Crippen LogP contribution in [0.1, 0.15) is 11.6 Å². The first-order valence-corrected chi connectivity index (χ1v) is 5.97. The highest BCUT2D eigenvalue weighted by atomic mass is 16.3. The van der Waals surface area contributed by atoms with Gasteiger partial charge in [-0.1, -0.05) is 12.1 Å². The molecule has 3 rings (SSSR count). The van der Waals surface area contributed by atoms with Crippen LogP contribution in [-0.4, -0.2) is 16.6 Å². The number of rotatable bonds is 4. The average Bonchev–Trinajstić information content (AvgIpc) is 3.06. The number of nitrogens with one attached hydrogen (secondary N) is 1. The van der Waals surface area contributed by atoms with Crippen molar-refractivity contribution in [3.63, 3.8) is 0 Å². The lowest BCUT2D eigenvalue weighted by Crippen LogP contribution is -2.21. The minimum Gasteiger partial charge on any atom is -0.472 e. The topological polar surface area (TPSA) is 43.0 Å². The Morgan fingerprint density at radius 3 is 3.00 bits per heavy atom. The number of benzene rings is 1. The van der Waals surface area contributed by atoms with Gasteiger partial charge in [0, 0.05) is 12.1 Å². The second kappa shape index (κ2) is 4.66. The lowest BCUT2D eigenvalue weighted by Gasteiger charge is -2.15. The van der Waals surface area contributed by atoms with E-state index in [0.29, 0.717) is 0 Å². The molecule has 0 amide bonds. The molecule has 1 unspecified atom stereocenters. The number of likely N-dealkylation sites (N-methyl/N-ethyl adjacent to an activating group) is 1. The zero-order valence-electron chi connectivity index (χ0n) is 10.2. The molecule has 0 radical (unpaired) electrons. The van der Waals surface area contributed by atoms with Crippen LogP contribution in [0.2, 0.25) is 0 Å². The molecule has 0 fully saturated rings. The lowest BCUT2D eigenvalue weighted by atomic mass is 10.1. The second-order valence-electron chi connectivity index (χ2n) is 4.28. The zero-order valence-corrected chi connectivity index (χ0v) is 10.2. The maximum atomic E-state index is 5.14. The number of para-hydroxylation sites is 2. The van der Waals surface area contributed by atoms with Crippen molar-refractivity contribution in [2.45, 2.75) is 12.6 Å². The second-order valence-corrected chi connectivity index (χ2v) is 4.28. The van der Waals surface area contributed by atoms with Crippen molar-refractivity contribution in [3.8, 4) is 0 Å². The molecular formula is C14H15N3O. The molecule has 0 aliphatic rings. The van der Waals surface area contributed by atoms with Crippen LogP contribution in [0.4, 0.5) is 0 Å². The Kier molecular flexibility index (Phi) is 2.86. The third-order valence-corrected chi connectivity index (χ3v) is 3.20. The van der Waals surface area contributed by atoms with Gasteiger partial charge in [-0.05, 0) is 25.2 Å². The summed E-state index contributed by atoms with van der Waals surface area (Å²) in [5.74, 6) is 0. The van der Waals surface area contributed by atoms with Crippen molar-refractivity contribution in [3.05, 3.63) is 54.7 Å². The van der Waals surface area contributed by atoms with E-state index < -0.39 is 0 Å². The first-order chi connectivity index (χ1) is 8.88. The summed E-state index contributed by atoms with van der Waals surface area (Å²) in [5.41, 5.74) is 3.33. The van der Waals surface area contributed by atoms with E-state index in [-0.39, 0.29) is 6.04 Å². The molecule has 18 heavy (non-hydrogen) atoms. The zero-order chi connectivity index (χ0) is 12.4. The van der Waals surface area contributed by atoms with E-state index in [0.717, 1.165) is 23.1 Å². The van der Waals surface area contributed by atoms with E-state index >= 15 is 0 Å². The monoisotopic (exact) mass is 241 g/mol.